The number of benzene rings is 1. The number of rotatable bonds is 5. The molecule has 0 atom stereocenters. The molecule has 1 saturated heterocycles. The SMILES string of the molecule is CS(=O)(=O)OC/C=C/C1CCN(c2nccc3ccc(F)cc23)CC1. The van der Waals surface area contributed by atoms with Gasteiger partial charge in [0.15, 0.2) is 0 Å². The number of fused-ring (bicyclic) bond motifs is 1. The van der Waals surface area contributed by atoms with Gasteiger partial charge in [0, 0.05) is 24.7 Å². The minimum atomic E-state index is -3.39. The van der Waals surface area contributed by atoms with Crippen LogP contribution in [0, 0.1) is 11.7 Å². The molecule has 0 bridgehead atoms. The van der Waals surface area contributed by atoms with E-state index in [0.717, 1.165) is 48.8 Å². The molecule has 0 unspecified atom stereocenters. The first-order chi connectivity index (χ1) is 11.9. The lowest BCUT2D eigenvalue weighted by molar-refractivity contribution is 0.360. The predicted octanol–water partition coefficient (Wildman–Crippen LogP) is 3.12. The summed E-state index contributed by atoms with van der Waals surface area (Å²) >= 11 is 0. The van der Waals surface area contributed by atoms with Crippen LogP contribution < -0.4 is 4.90 Å². The van der Waals surface area contributed by atoms with Crippen LogP contribution >= 0.6 is 0 Å². The second-order valence-corrected chi connectivity index (χ2v) is 7.89. The maximum Gasteiger partial charge on any atom is 0.264 e. The molecule has 2 heterocycles. The summed E-state index contributed by atoms with van der Waals surface area (Å²) in [5, 5.41) is 1.81. The van der Waals surface area contributed by atoms with Crippen LogP contribution in [0.15, 0.2) is 42.6 Å². The summed E-state index contributed by atoms with van der Waals surface area (Å²) in [6, 6.07) is 6.65. The molecule has 7 heteroatoms. The summed E-state index contributed by atoms with van der Waals surface area (Å²) in [6.07, 6.45) is 8.43. The van der Waals surface area contributed by atoms with Gasteiger partial charge in [-0.3, -0.25) is 4.18 Å². The number of hydrogen-bond donors (Lipinski definition) is 0. The van der Waals surface area contributed by atoms with E-state index in [-0.39, 0.29) is 12.4 Å². The Labute approximate surface area is 147 Å². The van der Waals surface area contributed by atoms with Gasteiger partial charge in [-0.15, -0.1) is 0 Å². The van der Waals surface area contributed by atoms with Crippen molar-refractivity contribution < 1.29 is 17.0 Å². The average molecular weight is 364 g/mol. The monoisotopic (exact) mass is 364 g/mol. The molecule has 0 aliphatic carbocycles. The predicted molar refractivity (Wildman–Crippen MR) is 96.6 cm³/mol. The molecule has 0 saturated carbocycles. The van der Waals surface area contributed by atoms with E-state index in [1.54, 1.807) is 18.3 Å². The van der Waals surface area contributed by atoms with Gasteiger partial charge in [-0.05, 0) is 42.3 Å². The zero-order chi connectivity index (χ0) is 17.9. The third kappa shape index (κ3) is 4.76. The Morgan fingerprint density at radius 2 is 2.08 bits per heavy atom. The number of nitrogens with zero attached hydrogens (tertiary/aromatic N) is 2. The van der Waals surface area contributed by atoms with Crippen molar-refractivity contribution in [2.75, 3.05) is 30.9 Å². The van der Waals surface area contributed by atoms with Crippen LogP contribution in [0.5, 0.6) is 0 Å². The van der Waals surface area contributed by atoms with Crippen molar-refractivity contribution in [3.8, 4) is 0 Å². The molecule has 0 radical (unpaired) electrons. The maximum atomic E-state index is 13.6. The average Bonchev–Trinajstić information content (AvgIpc) is 2.58. The summed E-state index contributed by atoms with van der Waals surface area (Å²) in [4.78, 5) is 6.63. The molecule has 1 aromatic heterocycles. The molecule has 0 spiro atoms. The minimum Gasteiger partial charge on any atom is -0.356 e. The second-order valence-electron chi connectivity index (χ2n) is 6.24. The van der Waals surface area contributed by atoms with Crippen LogP contribution in [0.1, 0.15) is 12.8 Å². The van der Waals surface area contributed by atoms with Crippen LogP contribution in [0.3, 0.4) is 0 Å². The number of pyridine rings is 1. The van der Waals surface area contributed by atoms with Gasteiger partial charge in [-0.25, -0.2) is 9.37 Å². The van der Waals surface area contributed by atoms with Gasteiger partial charge < -0.3 is 4.90 Å². The highest BCUT2D eigenvalue weighted by atomic mass is 32.2. The van der Waals surface area contributed by atoms with Gasteiger partial charge in [0.25, 0.3) is 10.1 Å². The summed E-state index contributed by atoms with van der Waals surface area (Å²) < 4.78 is 40.1. The standard InChI is InChI=1S/C18H21FN2O3S/c1-25(22,23)24-12-2-3-14-7-10-21(11-8-14)18-17-13-16(19)5-4-15(17)6-9-20-18/h2-6,9,13-14H,7-8,10-12H2,1H3/b3-2+. The lowest BCUT2D eigenvalue weighted by Crippen LogP contribution is -2.33. The molecule has 1 aliphatic heterocycles. The largest absolute Gasteiger partial charge is 0.356 e. The third-order valence-electron chi connectivity index (χ3n) is 4.33. The van der Waals surface area contributed by atoms with Crippen molar-refractivity contribution in [1.29, 1.82) is 0 Å². The number of piperidine rings is 1. The molecular weight excluding hydrogens is 343 g/mol. The van der Waals surface area contributed by atoms with Crippen LogP contribution in [0.25, 0.3) is 10.8 Å². The van der Waals surface area contributed by atoms with Crippen molar-refractivity contribution in [2.45, 2.75) is 12.8 Å². The van der Waals surface area contributed by atoms with Gasteiger partial charge >= 0.3 is 0 Å². The molecular formula is C18H21FN2O3S. The first-order valence-corrected chi connectivity index (χ1v) is 10.0. The zero-order valence-electron chi connectivity index (χ0n) is 14.1. The molecule has 1 aliphatic rings. The van der Waals surface area contributed by atoms with Gasteiger partial charge in [0.1, 0.15) is 11.6 Å². The molecule has 25 heavy (non-hydrogen) atoms. The van der Waals surface area contributed by atoms with E-state index >= 15 is 0 Å². The van der Waals surface area contributed by atoms with Gasteiger partial charge in [-0.1, -0.05) is 18.2 Å². The number of anilines is 1. The molecule has 0 amide bonds. The molecule has 134 valence electrons. The molecule has 3 rings (SSSR count). The Morgan fingerprint density at radius 3 is 2.80 bits per heavy atom. The van der Waals surface area contributed by atoms with E-state index in [1.165, 1.54) is 12.1 Å². The summed E-state index contributed by atoms with van der Waals surface area (Å²) in [7, 11) is -3.39. The smallest absolute Gasteiger partial charge is 0.264 e. The molecule has 1 fully saturated rings. The fraction of sp³-hybridized carbons (Fsp3) is 0.389. The first kappa shape index (κ1) is 17.8. The Balaban J connectivity index is 1.63. The molecule has 2 aromatic rings. The fourth-order valence-corrected chi connectivity index (χ4v) is 3.42. The molecule has 0 N–H and O–H groups in total. The van der Waals surface area contributed by atoms with Crippen LogP contribution in [0.4, 0.5) is 10.2 Å². The maximum absolute atomic E-state index is 13.6. The van der Waals surface area contributed by atoms with E-state index in [9.17, 15) is 12.8 Å². The third-order valence-corrected chi connectivity index (χ3v) is 4.90. The highest BCUT2D eigenvalue weighted by molar-refractivity contribution is 7.85. The minimum absolute atomic E-state index is 0.0726. The highest BCUT2D eigenvalue weighted by Gasteiger charge is 2.20. The van der Waals surface area contributed by atoms with E-state index in [4.69, 9.17) is 4.18 Å². The van der Waals surface area contributed by atoms with Crippen molar-refractivity contribution in [2.24, 2.45) is 5.92 Å². The highest BCUT2D eigenvalue weighted by Crippen LogP contribution is 2.29. The van der Waals surface area contributed by atoms with Crippen LogP contribution in [-0.4, -0.2) is 39.4 Å². The lowest BCUT2D eigenvalue weighted by atomic mass is 9.96. The number of aromatic nitrogens is 1. The van der Waals surface area contributed by atoms with Gasteiger partial charge in [-0.2, -0.15) is 8.42 Å². The van der Waals surface area contributed by atoms with E-state index in [2.05, 4.69) is 9.88 Å². The summed E-state index contributed by atoms with van der Waals surface area (Å²) in [5.41, 5.74) is 0. The molecule has 5 nitrogen and oxygen atoms in total. The first-order valence-electron chi connectivity index (χ1n) is 8.23. The van der Waals surface area contributed by atoms with E-state index < -0.39 is 10.1 Å². The van der Waals surface area contributed by atoms with Crippen molar-refractivity contribution in [1.82, 2.24) is 4.98 Å². The quantitative estimate of drug-likeness (QED) is 0.603. The Kier molecular flexibility index (Phi) is 5.34. The Bertz CT molecular complexity index is 875. The summed E-state index contributed by atoms with van der Waals surface area (Å²) in [5.74, 6) is 0.941. The fourth-order valence-electron chi connectivity index (χ4n) is 3.09. The summed E-state index contributed by atoms with van der Waals surface area (Å²) in [6.45, 7) is 1.72. The normalized spacial score (nSPS) is 16.8. The zero-order valence-corrected chi connectivity index (χ0v) is 14.9. The number of halogens is 1. The molecule has 1 aromatic carbocycles. The second kappa shape index (κ2) is 7.49. The Morgan fingerprint density at radius 1 is 1.32 bits per heavy atom. The number of allylic oxidation sites excluding steroid dienone is 1. The number of hydrogen-bond acceptors (Lipinski definition) is 5. The van der Waals surface area contributed by atoms with Crippen LogP contribution in [-0.2, 0) is 14.3 Å². The van der Waals surface area contributed by atoms with Gasteiger partial charge in [0.2, 0.25) is 0 Å². The van der Waals surface area contributed by atoms with E-state index in [0.29, 0.717) is 5.92 Å². The Hall–Kier alpha value is -1.99. The van der Waals surface area contributed by atoms with Crippen LogP contribution in [0.2, 0.25) is 0 Å². The van der Waals surface area contributed by atoms with Crippen molar-refractivity contribution in [3.05, 3.63) is 48.4 Å². The van der Waals surface area contributed by atoms with E-state index in [1.807, 2.05) is 12.1 Å². The van der Waals surface area contributed by atoms with Gasteiger partial charge in [0.05, 0.1) is 12.9 Å². The lowest BCUT2D eigenvalue weighted by Gasteiger charge is -2.32. The van der Waals surface area contributed by atoms with Crippen molar-refractivity contribution >= 4 is 26.7 Å². The topological polar surface area (TPSA) is 59.5 Å². The van der Waals surface area contributed by atoms with Crippen molar-refractivity contribution in [3.63, 3.8) is 0 Å².